The van der Waals surface area contributed by atoms with Crippen molar-refractivity contribution in [1.82, 2.24) is 0 Å². The molecule has 1 aromatic carbocycles. The number of ether oxygens (including phenoxy) is 2. The molecule has 0 unspecified atom stereocenters. The van der Waals surface area contributed by atoms with Crippen molar-refractivity contribution in [3.8, 4) is 5.75 Å². The third-order valence-electron chi connectivity index (χ3n) is 4.98. The van der Waals surface area contributed by atoms with E-state index in [0.29, 0.717) is 0 Å². The van der Waals surface area contributed by atoms with Crippen LogP contribution in [0.2, 0.25) is 0 Å². The van der Waals surface area contributed by atoms with E-state index in [4.69, 9.17) is 14.5 Å². The summed E-state index contributed by atoms with van der Waals surface area (Å²) in [4.78, 5) is 4.85. The van der Waals surface area contributed by atoms with Crippen LogP contribution < -0.4 is 10.1 Å². The number of nitrogens with one attached hydrogen (secondary N) is 1. The highest BCUT2D eigenvalue weighted by Gasteiger charge is 2.63. The molecule has 112 valence electrons. The summed E-state index contributed by atoms with van der Waals surface area (Å²) in [5, 5.41) is 3.55. The first-order valence-electron chi connectivity index (χ1n) is 7.63. The van der Waals surface area contributed by atoms with E-state index in [0.717, 1.165) is 24.4 Å². The molecule has 0 amide bonds. The lowest BCUT2D eigenvalue weighted by molar-refractivity contribution is 0.00152. The Morgan fingerprint density at radius 3 is 2.90 bits per heavy atom. The summed E-state index contributed by atoms with van der Waals surface area (Å²) >= 11 is 0. The van der Waals surface area contributed by atoms with Gasteiger partial charge in [0.05, 0.1) is 18.2 Å². The molecule has 1 spiro atoms. The number of aliphatic imine (C=N–C) groups is 1. The van der Waals surface area contributed by atoms with Crippen LogP contribution in [-0.4, -0.2) is 31.7 Å². The number of nitrogens with zero attached hydrogens (tertiary/aromatic N) is 1. The van der Waals surface area contributed by atoms with Gasteiger partial charge in [0.1, 0.15) is 18.1 Å². The predicted molar refractivity (Wildman–Crippen MR) is 83.3 cm³/mol. The molecule has 3 aliphatic rings. The summed E-state index contributed by atoms with van der Waals surface area (Å²) in [5.74, 6) is 0.940. The molecular formula is C17H22N2O2. The summed E-state index contributed by atoms with van der Waals surface area (Å²) in [5.41, 5.74) is 3.47. The zero-order valence-corrected chi connectivity index (χ0v) is 13.1. The second-order valence-corrected chi connectivity index (χ2v) is 7.28. The lowest BCUT2D eigenvalue weighted by Gasteiger charge is -2.29. The van der Waals surface area contributed by atoms with E-state index in [1.165, 1.54) is 11.3 Å². The Kier molecular flexibility index (Phi) is 2.51. The van der Waals surface area contributed by atoms with Gasteiger partial charge in [0, 0.05) is 17.8 Å². The van der Waals surface area contributed by atoms with E-state index in [1.54, 1.807) is 7.11 Å². The molecule has 4 heteroatoms. The fourth-order valence-electron chi connectivity index (χ4n) is 4.10. The van der Waals surface area contributed by atoms with E-state index in [2.05, 4.69) is 32.2 Å². The average molecular weight is 286 g/mol. The fourth-order valence-corrected chi connectivity index (χ4v) is 4.10. The summed E-state index contributed by atoms with van der Waals surface area (Å²) in [6.45, 7) is 7.53. The number of anilines is 1. The lowest BCUT2D eigenvalue weighted by Crippen LogP contribution is -2.40. The molecule has 1 saturated heterocycles. The molecule has 0 saturated carbocycles. The maximum atomic E-state index is 6.39. The van der Waals surface area contributed by atoms with Crippen LogP contribution in [0.3, 0.4) is 0 Å². The molecule has 0 radical (unpaired) electrons. The second-order valence-electron chi connectivity index (χ2n) is 7.28. The molecule has 1 aromatic rings. The predicted octanol–water partition coefficient (Wildman–Crippen LogP) is 2.97. The largest absolute Gasteiger partial charge is 0.496 e. The normalized spacial score (nSPS) is 33.0. The Bertz CT molecular complexity index is 632. The summed E-state index contributed by atoms with van der Waals surface area (Å²) in [6.07, 6.45) is 1.05. The van der Waals surface area contributed by atoms with Crippen molar-refractivity contribution in [2.75, 3.05) is 19.0 Å². The van der Waals surface area contributed by atoms with Crippen molar-refractivity contribution < 1.29 is 9.47 Å². The van der Waals surface area contributed by atoms with E-state index in [-0.39, 0.29) is 23.2 Å². The molecule has 1 N–H and O–H groups in total. The number of fused-ring (bicyclic) bond motifs is 1. The van der Waals surface area contributed by atoms with Crippen LogP contribution in [0.5, 0.6) is 5.75 Å². The molecule has 4 nitrogen and oxygen atoms in total. The smallest absolute Gasteiger partial charge is 0.144 e. The third kappa shape index (κ3) is 1.51. The van der Waals surface area contributed by atoms with E-state index >= 15 is 0 Å². The number of benzene rings is 1. The van der Waals surface area contributed by atoms with Gasteiger partial charge in [0.25, 0.3) is 0 Å². The number of hydrogen-bond acceptors (Lipinski definition) is 4. The standard InChI is InChI=1S/C17H22N2O2/c1-16(2,3)14-13-17(8-9-18-13)12-10(19-15(17)21-14)6-5-7-11(12)20-4/h5-7,14-15,19H,8-9H2,1-4H3/t14-,15-,17+/m0/s1. The van der Waals surface area contributed by atoms with Gasteiger partial charge in [-0.2, -0.15) is 0 Å². The van der Waals surface area contributed by atoms with Gasteiger partial charge in [-0.1, -0.05) is 26.8 Å². The average Bonchev–Trinajstić information content (AvgIpc) is 3.04. The maximum Gasteiger partial charge on any atom is 0.144 e. The summed E-state index contributed by atoms with van der Waals surface area (Å²) < 4.78 is 12.0. The second kappa shape index (κ2) is 4.01. The van der Waals surface area contributed by atoms with Crippen molar-refractivity contribution in [2.24, 2.45) is 10.4 Å². The zero-order valence-electron chi connectivity index (χ0n) is 13.1. The molecule has 21 heavy (non-hydrogen) atoms. The highest BCUT2D eigenvalue weighted by Crippen LogP contribution is 2.57. The van der Waals surface area contributed by atoms with E-state index in [9.17, 15) is 0 Å². The molecule has 3 aliphatic heterocycles. The van der Waals surface area contributed by atoms with Gasteiger partial charge in [-0.05, 0) is 24.0 Å². The summed E-state index contributed by atoms with van der Waals surface area (Å²) in [6, 6.07) is 6.17. The van der Waals surface area contributed by atoms with Crippen LogP contribution in [0.25, 0.3) is 0 Å². The van der Waals surface area contributed by atoms with Crippen LogP contribution in [0.1, 0.15) is 32.8 Å². The molecule has 3 atom stereocenters. The van der Waals surface area contributed by atoms with Gasteiger partial charge in [-0.15, -0.1) is 0 Å². The fraction of sp³-hybridized carbons (Fsp3) is 0.588. The highest BCUT2D eigenvalue weighted by atomic mass is 16.5. The highest BCUT2D eigenvalue weighted by molar-refractivity contribution is 6.06. The summed E-state index contributed by atoms with van der Waals surface area (Å²) in [7, 11) is 1.74. The first kappa shape index (κ1) is 13.1. The van der Waals surface area contributed by atoms with Crippen molar-refractivity contribution in [2.45, 2.75) is 44.9 Å². The van der Waals surface area contributed by atoms with E-state index in [1.807, 2.05) is 12.1 Å². The first-order chi connectivity index (χ1) is 9.98. The Hall–Kier alpha value is -1.55. The van der Waals surface area contributed by atoms with Gasteiger partial charge in [-0.25, -0.2) is 0 Å². The molecule has 0 aromatic heterocycles. The topological polar surface area (TPSA) is 42.9 Å². The van der Waals surface area contributed by atoms with Gasteiger partial charge in [-0.3, -0.25) is 4.99 Å². The van der Waals surface area contributed by atoms with Gasteiger partial charge in [0.15, 0.2) is 0 Å². The monoisotopic (exact) mass is 286 g/mol. The molecule has 0 aliphatic carbocycles. The van der Waals surface area contributed by atoms with Crippen LogP contribution >= 0.6 is 0 Å². The van der Waals surface area contributed by atoms with Crippen molar-refractivity contribution in [3.63, 3.8) is 0 Å². The van der Waals surface area contributed by atoms with Crippen LogP contribution in [0.4, 0.5) is 5.69 Å². The van der Waals surface area contributed by atoms with Crippen molar-refractivity contribution in [1.29, 1.82) is 0 Å². The van der Waals surface area contributed by atoms with Gasteiger partial charge >= 0.3 is 0 Å². The molecule has 1 fully saturated rings. The molecule has 3 heterocycles. The van der Waals surface area contributed by atoms with Gasteiger partial charge < -0.3 is 14.8 Å². The van der Waals surface area contributed by atoms with Crippen LogP contribution in [0.15, 0.2) is 23.2 Å². The molecular weight excluding hydrogens is 264 g/mol. The SMILES string of the molecule is COc1cccc2c1[C@]13CCN=C1[C@@H](C(C)(C)C)O[C@@H]3N2. The molecule has 4 rings (SSSR count). The number of methoxy groups -OCH3 is 1. The number of hydrogen-bond donors (Lipinski definition) is 1. The minimum atomic E-state index is -0.139. The first-order valence-corrected chi connectivity index (χ1v) is 7.63. The quantitative estimate of drug-likeness (QED) is 0.863. The Morgan fingerprint density at radius 2 is 2.19 bits per heavy atom. The zero-order chi connectivity index (χ0) is 14.8. The third-order valence-corrected chi connectivity index (χ3v) is 4.98. The Labute approximate surface area is 125 Å². The lowest BCUT2D eigenvalue weighted by atomic mass is 9.72. The van der Waals surface area contributed by atoms with Gasteiger partial charge in [0.2, 0.25) is 0 Å². The Balaban J connectivity index is 1.91. The number of rotatable bonds is 1. The van der Waals surface area contributed by atoms with E-state index < -0.39 is 0 Å². The maximum absolute atomic E-state index is 6.39. The minimum Gasteiger partial charge on any atom is -0.496 e. The van der Waals surface area contributed by atoms with Crippen LogP contribution in [0, 0.1) is 5.41 Å². The van der Waals surface area contributed by atoms with Crippen molar-refractivity contribution in [3.05, 3.63) is 23.8 Å². The molecule has 0 bridgehead atoms. The van der Waals surface area contributed by atoms with Crippen LogP contribution in [-0.2, 0) is 10.2 Å². The Morgan fingerprint density at radius 1 is 1.38 bits per heavy atom. The van der Waals surface area contributed by atoms with Crippen molar-refractivity contribution >= 4 is 11.4 Å². The minimum absolute atomic E-state index is 0.0192.